The molecule has 0 saturated heterocycles. The molecule has 0 aromatic heterocycles. The maximum Gasteiger partial charge on any atom is 0.109 e. The molecule has 0 rings (SSSR count). The van der Waals surface area contributed by atoms with Gasteiger partial charge in [0.15, 0.2) is 0 Å². The van der Waals surface area contributed by atoms with Crippen LogP contribution in [0, 0.1) is 0 Å². The van der Waals surface area contributed by atoms with Crippen molar-refractivity contribution in [2.45, 2.75) is 58.2 Å². The summed E-state index contributed by atoms with van der Waals surface area (Å²) in [5.74, 6) is 0. The van der Waals surface area contributed by atoms with E-state index in [2.05, 4.69) is 6.92 Å². The first-order valence-electron chi connectivity index (χ1n) is 4.46. The molecular weight excluding hydrogens is 141 g/mol. The van der Waals surface area contributed by atoms with E-state index in [1.807, 2.05) is 6.92 Å². The van der Waals surface area contributed by atoms with Crippen LogP contribution in [0.1, 0.15) is 46.5 Å². The lowest BCUT2D eigenvalue weighted by atomic mass is 9.94. The summed E-state index contributed by atoms with van der Waals surface area (Å²) in [6.45, 7) is 5.56. The number of hydrogen-bond acceptors (Lipinski definition) is 1. The van der Waals surface area contributed by atoms with Gasteiger partial charge in [-0.3, -0.25) is 0 Å². The molecule has 0 amide bonds. The smallest absolute Gasteiger partial charge is 0.109 e. The third kappa shape index (κ3) is 5.19. The number of nitrogens with two attached hydrogens (primary N) is 1. The number of rotatable bonds is 5. The first-order chi connectivity index (χ1) is 5.02. The molecule has 0 fully saturated rings. The lowest BCUT2D eigenvalue weighted by molar-refractivity contribution is 0.155. The molecular formula is C9H20FN. The first-order valence-corrected chi connectivity index (χ1v) is 4.46. The molecule has 0 spiro atoms. The van der Waals surface area contributed by atoms with Gasteiger partial charge in [0.1, 0.15) is 5.67 Å². The van der Waals surface area contributed by atoms with Crippen molar-refractivity contribution in [3.63, 3.8) is 0 Å². The Morgan fingerprint density at radius 3 is 2.36 bits per heavy atom. The van der Waals surface area contributed by atoms with Crippen LogP contribution in [0.5, 0.6) is 0 Å². The molecule has 0 radical (unpaired) electrons. The highest BCUT2D eigenvalue weighted by molar-refractivity contribution is 4.77. The summed E-state index contributed by atoms with van der Waals surface area (Å²) < 4.78 is 13.3. The van der Waals surface area contributed by atoms with E-state index in [4.69, 9.17) is 5.73 Å². The summed E-state index contributed by atoms with van der Waals surface area (Å²) in [7, 11) is 0. The summed E-state index contributed by atoms with van der Waals surface area (Å²) in [6, 6.07) is 0.0370. The van der Waals surface area contributed by atoms with Crippen LogP contribution in [0.3, 0.4) is 0 Å². The van der Waals surface area contributed by atoms with Crippen molar-refractivity contribution in [1.29, 1.82) is 0 Å². The number of hydrogen-bond donors (Lipinski definition) is 1. The Labute approximate surface area is 69.2 Å². The zero-order valence-electron chi connectivity index (χ0n) is 7.86. The lowest BCUT2D eigenvalue weighted by Gasteiger charge is -2.22. The van der Waals surface area contributed by atoms with Gasteiger partial charge < -0.3 is 5.73 Å². The molecule has 68 valence electrons. The van der Waals surface area contributed by atoms with Gasteiger partial charge in [0, 0.05) is 6.04 Å². The van der Waals surface area contributed by atoms with Crippen LogP contribution in [0.4, 0.5) is 4.39 Å². The minimum atomic E-state index is -1.06. The highest BCUT2D eigenvalue weighted by atomic mass is 19.1. The Hall–Kier alpha value is -0.110. The molecule has 0 aromatic carbocycles. The summed E-state index contributed by atoms with van der Waals surface area (Å²) >= 11 is 0. The maximum atomic E-state index is 13.3. The van der Waals surface area contributed by atoms with Crippen LogP contribution in [-0.2, 0) is 0 Å². The fraction of sp³-hybridized carbons (Fsp3) is 1.00. The molecule has 2 N–H and O–H groups in total. The fourth-order valence-electron chi connectivity index (χ4n) is 1.16. The minimum Gasteiger partial charge on any atom is -0.328 e. The first kappa shape index (κ1) is 10.9. The van der Waals surface area contributed by atoms with Crippen LogP contribution in [0.15, 0.2) is 0 Å². The fourth-order valence-corrected chi connectivity index (χ4v) is 1.16. The lowest BCUT2D eigenvalue weighted by Crippen LogP contribution is -2.30. The predicted octanol–water partition coefficient (Wildman–Crippen LogP) is 2.64. The van der Waals surface area contributed by atoms with Crippen molar-refractivity contribution in [2.75, 3.05) is 0 Å². The van der Waals surface area contributed by atoms with Gasteiger partial charge in [0.05, 0.1) is 0 Å². The predicted molar refractivity (Wildman–Crippen MR) is 47.3 cm³/mol. The van der Waals surface area contributed by atoms with E-state index in [1.54, 1.807) is 6.92 Å². The summed E-state index contributed by atoms with van der Waals surface area (Å²) in [6.07, 6.45) is 3.03. The number of halogens is 1. The Bertz CT molecular complexity index is 102. The Morgan fingerprint density at radius 2 is 2.00 bits per heavy atom. The minimum absolute atomic E-state index is 0.0370. The molecule has 0 saturated carbocycles. The summed E-state index contributed by atoms with van der Waals surface area (Å²) in [4.78, 5) is 0. The topological polar surface area (TPSA) is 26.0 Å². The van der Waals surface area contributed by atoms with Gasteiger partial charge in [-0.2, -0.15) is 0 Å². The molecule has 2 atom stereocenters. The average Bonchev–Trinajstić information content (AvgIpc) is 1.87. The molecule has 1 nitrogen and oxygen atoms in total. The van der Waals surface area contributed by atoms with E-state index < -0.39 is 5.67 Å². The van der Waals surface area contributed by atoms with Gasteiger partial charge in [0.2, 0.25) is 0 Å². The monoisotopic (exact) mass is 161 g/mol. The normalized spacial score (nSPS) is 19.4. The average molecular weight is 161 g/mol. The Balaban J connectivity index is 3.64. The second-order valence-corrected chi connectivity index (χ2v) is 3.52. The van der Waals surface area contributed by atoms with Gasteiger partial charge >= 0.3 is 0 Å². The van der Waals surface area contributed by atoms with Gasteiger partial charge in [-0.15, -0.1) is 0 Å². The van der Waals surface area contributed by atoms with Gasteiger partial charge in [-0.25, -0.2) is 4.39 Å². The standard InChI is InChI=1S/C9H20FN/c1-4-6-8(11)7-9(3,10)5-2/h8H,4-7,11H2,1-3H3. The molecule has 11 heavy (non-hydrogen) atoms. The Kier molecular flexibility index (Phi) is 4.66. The van der Waals surface area contributed by atoms with Crippen molar-refractivity contribution in [3.05, 3.63) is 0 Å². The van der Waals surface area contributed by atoms with Gasteiger partial charge in [0.25, 0.3) is 0 Å². The molecule has 0 aliphatic rings. The van der Waals surface area contributed by atoms with Crippen LogP contribution < -0.4 is 5.73 Å². The van der Waals surface area contributed by atoms with Crippen LogP contribution in [-0.4, -0.2) is 11.7 Å². The third-order valence-electron chi connectivity index (χ3n) is 2.08. The maximum absolute atomic E-state index is 13.3. The molecule has 0 bridgehead atoms. The van der Waals surface area contributed by atoms with E-state index in [-0.39, 0.29) is 6.04 Å². The van der Waals surface area contributed by atoms with Crippen molar-refractivity contribution >= 4 is 0 Å². The third-order valence-corrected chi connectivity index (χ3v) is 2.08. The molecule has 2 heteroatoms. The summed E-state index contributed by atoms with van der Waals surface area (Å²) in [5.41, 5.74) is 4.64. The van der Waals surface area contributed by atoms with Crippen LogP contribution in [0.2, 0.25) is 0 Å². The van der Waals surface area contributed by atoms with Crippen molar-refractivity contribution in [2.24, 2.45) is 5.73 Å². The van der Waals surface area contributed by atoms with E-state index in [0.717, 1.165) is 12.8 Å². The van der Waals surface area contributed by atoms with E-state index >= 15 is 0 Å². The van der Waals surface area contributed by atoms with Crippen LogP contribution in [0.25, 0.3) is 0 Å². The quantitative estimate of drug-likeness (QED) is 0.659. The SMILES string of the molecule is CCCC(N)CC(C)(F)CC. The van der Waals surface area contributed by atoms with Gasteiger partial charge in [-0.05, 0) is 26.2 Å². The largest absolute Gasteiger partial charge is 0.328 e. The van der Waals surface area contributed by atoms with E-state index in [0.29, 0.717) is 12.8 Å². The highest BCUT2D eigenvalue weighted by Gasteiger charge is 2.23. The van der Waals surface area contributed by atoms with Crippen molar-refractivity contribution in [1.82, 2.24) is 0 Å². The molecule has 0 aliphatic heterocycles. The van der Waals surface area contributed by atoms with Gasteiger partial charge in [-0.1, -0.05) is 20.3 Å². The molecule has 0 aliphatic carbocycles. The second kappa shape index (κ2) is 4.70. The van der Waals surface area contributed by atoms with Crippen molar-refractivity contribution < 1.29 is 4.39 Å². The Morgan fingerprint density at radius 1 is 1.45 bits per heavy atom. The van der Waals surface area contributed by atoms with Crippen LogP contribution >= 0.6 is 0 Å². The van der Waals surface area contributed by atoms with E-state index in [1.165, 1.54) is 0 Å². The number of alkyl halides is 1. The molecule has 0 heterocycles. The van der Waals surface area contributed by atoms with Crippen molar-refractivity contribution in [3.8, 4) is 0 Å². The summed E-state index contributed by atoms with van der Waals surface area (Å²) in [5, 5.41) is 0. The zero-order valence-corrected chi connectivity index (χ0v) is 7.86. The van der Waals surface area contributed by atoms with E-state index in [9.17, 15) is 4.39 Å². The highest BCUT2D eigenvalue weighted by Crippen LogP contribution is 2.21. The molecule has 2 unspecified atom stereocenters. The molecule has 0 aromatic rings. The second-order valence-electron chi connectivity index (χ2n) is 3.52. The zero-order chi connectivity index (χ0) is 8.91.